The van der Waals surface area contributed by atoms with Gasteiger partial charge in [-0.15, -0.1) is 0 Å². The van der Waals surface area contributed by atoms with Crippen LogP contribution in [0.3, 0.4) is 0 Å². The monoisotopic (exact) mass is 256 g/mol. The van der Waals surface area contributed by atoms with Crippen molar-refractivity contribution in [3.63, 3.8) is 0 Å². The van der Waals surface area contributed by atoms with Gasteiger partial charge in [0.15, 0.2) is 0 Å². The molecule has 2 rings (SSSR count). The fraction of sp³-hybridized carbons (Fsp3) is 1.00. The molecule has 0 amide bonds. The number of piperidine rings is 1. The molecule has 2 aliphatic heterocycles. The summed E-state index contributed by atoms with van der Waals surface area (Å²) < 4.78 is 10.5. The van der Waals surface area contributed by atoms with Crippen LogP contribution in [0.4, 0.5) is 0 Å². The van der Waals surface area contributed by atoms with Crippen LogP contribution in [0.1, 0.15) is 25.7 Å². The molecule has 0 aromatic rings. The lowest BCUT2D eigenvalue weighted by Crippen LogP contribution is -2.45. The molecule has 0 radical (unpaired) electrons. The van der Waals surface area contributed by atoms with Crippen LogP contribution in [0.25, 0.3) is 0 Å². The zero-order valence-corrected chi connectivity index (χ0v) is 11.7. The van der Waals surface area contributed by atoms with Crippen molar-refractivity contribution in [2.75, 3.05) is 53.1 Å². The summed E-state index contributed by atoms with van der Waals surface area (Å²) in [4.78, 5) is 2.69. The fourth-order valence-corrected chi connectivity index (χ4v) is 3.05. The molecule has 18 heavy (non-hydrogen) atoms. The largest absolute Gasteiger partial charge is 0.383 e. The fourth-order valence-electron chi connectivity index (χ4n) is 3.05. The smallest absolute Gasteiger partial charge is 0.0587 e. The number of likely N-dealkylation sites (tertiary alicyclic amines) is 1. The number of methoxy groups -OCH3 is 1. The van der Waals surface area contributed by atoms with E-state index in [9.17, 15) is 0 Å². The van der Waals surface area contributed by atoms with E-state index in [1.807, 2.05) is 0 Å². The molecule has 4 nitrogen and oxygen atoms in total. The highest BCUT2D eigenvalue weighted by Gasteiger charge is 2.26. The van der Waals surface area contributed by atoms with E-state index in [0.29, 0.717) is 0 Å². The summed E-state index contributed by atoms with van der Waals surface area (Å²) in [6.07, 6.45) is 5.15. The zero-order chi connectivity index (χ0) is 12.6. The Kier molecular flexibility index (Phi) is 6.41. The highest BCUT2D eigenvalue weighted by Crippen LogP contribution is 2.22. The van der Waals surface area contributed by atoms with E-state index < -0.39 is 0 Å². The number of hydrogen-bond acceptors (Lipinski definition) is 4. The normalized spacial score (nSPS) is 24.5. The van der Waals surface area contributed by atoms with Crippen molar-refractivity contribution in [3.05, 3.63) is 0 Å². The van der Waals surface area contributed by atoms with E-state index in [2.05, 4.69) is 10.2 Å². The van der Waals surface area contributed by atoms with Gasteiger partial charge in [-0.3, -0.25) is 0 Å². The highest BCUT2D eigenvalue weighted by molar-refractivity contribution is 4.80. The Labute approximate surface area is 111 Å². The average molecular weight is 256 g/mol. The molecule has 0 bridgehead atoms. The lowest BCUT2D eigenvalue weighted by atomic mass is 9.94. The first kappa shape index (κ1) is 14.3. The van der Waals surface area contributed by atoms with Gasteiger partial charge in [0.1, 0.15) is 0 Å². The Morgan fingerprint density at radius 2 is 1.89 bits per heavy atom. The summed E-state index contributed by atoms with van der Waals surface area (Å²) in [5.74, 6) is 0.859. The van der Waals surface area contributed by atoms with E-state index in [-0.39, 0.29) is 0 Å². The Bertz CT molecular complexity index is 212. The maximum atomic E-state index is 5.44. The minimum absolute atomic E-state index is 0.793. The first-order valence-corrected chi connectivity index (χ1v) is 7.41. The SMILES string of the molecule is COCCNCC1CCN(C2CCOCC2)CC1. The van der Waals surface area contributed by atoms with Crippen molar-refractivity contribution < 1.29 is 9.47 Å². The van der Waals surface area contributed by atoms with Gasteiger partial charge < -0.3 is 19.7 Å². The molecular weight excluding hydrogens is 228 g/mol. The van der Waals surface area contributed by atoms with Crippen LogP contribution in [-0.2, 0) is 9.47 Å². The second-order valence-corrected chi connectivity index (χ2v) is 5.52. The number of nitrogens with zero attached hydrogens (tertiary/aromatic N) is 1. The third kappa shape index (κ3) is 4.50. The molecule has 2 fully saturated rings. The molecule has 0 aromatic carbocycles. The van der Waals surface area contributed by atoms with E-state index in [1.54, 1.807) is 7.11 Å². The maximum absolute atomic E-state index is 5.44. The first-order valence-electron chi connectivity index (χ1n) is 7.41. The number of ether oxygens (including phenoxy) is 2. The zero-order valence-electron chi connectivity index (χ0n) is 11.7. The van der Waals surface area contributed by atoms with Gasteiger partial charge in [-0.05, 0) is 51.2 Å². The van der Waals surface area contributed by atoms with E-state index in [4.69, 9.17) is 9.47 Å². The third-order valence-electron chi connectivity index (χ3n) is 4.27. The molecule has 2 saturated heterocycles. The Morgan fingerprint density at radius 1 is 1.17 bits per heavy atom. The van der Waals surface area contributed by atoms with Gasteiger partial charge in [0, 0.05) is 32.9 Å². The summed E-state index contributed by atoms with van der Waals surface area (Å²) in [6.45, 7) is 7.44. The number of nitrogens with one attached hydrogen (secondary N) is 1. The highest BCUT2D eigenvalue weighted by atomic mass is 16.5. The molecule has 0 saturated carbocycles. The molecule has 0 atom stereocenters. The quantitative estimate of drug-likeness (QED) is 0.722. The Balaban J connectivity index is 1.58. The standard InChI is InChI=1S/C14H28N2O2/c1-17-11-6-15-12-13-2-7-16(8-3-13)14-4-9-18-10-5-14/h13-15H,2-12H2,1H3. The summed E-state index contributed by atoms with van der Waals surface area (Å²) in [5, 5.41) is 3.49. The molecule has 106 valence electrons. The van der Waals surface area contributed by atoms with Crippen molar-refractivity contribution in [2.45, 2.75) is 31.7 Å². The lowest BCUT2D eigenvalue weighted by Gasteiger charge is -2.39. The third-order valence-corrected chi connectivity index (χ3v) is 4.27. The predicted octanol–water partition coefficient (Wildman–Crippen LogP) is 1.11. The minimum Gasteiger partial charge on any atom is -0.383 e. The first-order chi connectivity index (χ1) is 8.90. The topological polar surface area (TPSA) is 33.7 Å². The summed E-state index contributed by atoms with van der Waals surface area (Å²) >= 11 is 0. The Hall–Kier alpha value is -0.160. The minimum atomic E-state index is 0.793. The van der Waals surface area contributed by atoms with Crippen LogP contribution >= 0.6 is 0 Å². The molecular formula is C14H28N2O2. The van der Waals surface area contributed by atoms with Crippen molar-refractivity contribution in [3.8, 4) is 0 Å². The van der Waals surface area contributed by atoms with E-state index in [0.717, 1.165) is 44.9 Å². The number of rotatable bonds is 6. The van der Waals surface area contributed by atoms with Crippen LogP contribution in [0.5, 0.6) is 0 Å². The molecule has 0 spiro atoms. The lowest BCUT2D eigenvalue weighted by molar-refractivity contribution is 0.0211. The van der Waals surface area contributed by atoms with E-state index in [1.165, 1.54) is 38.8 Å². The van der Waals surface area contributed by atoms with Gasteiger partial charge in [0.05, 0.1) is 6.61 Å². The van der Waals surface area contributed by atoms with Gasteiger partial charge >= 0.3 is 0 Å². The van der Waals surface area contributed by atoms with Crippen LogP contribution in [-0.4, -0.2) is 64.1 Å². The molecule has 4 heteroatoms. The summed E-state index contributed by atoms with van der Waals surface area (Å²) in [6, 6.07) is 0.793. The molecule has 2 aliphatic rings. The van der Waals surface area contributed by atoms with Crippen LogP contribution in [0.2, 0.25) is 0 Å². The van der Waals surface area contributed by atoms with Crippen molar-refractivity contribution in [1.82, 2.24) is 10.2 Å². The summed E-state index contributed by atoms with van der Waals surface area (Å²) in [5.41, 5.74) is 0. The molecule has 0 aliphatic carbocycles. The van der Waals surface area contributed by atoms with Crippen LogP contribution in [0, 0.1) is 5.92 Å². The summed E-state index contributed by atoms with van der Waals surface area (Å²) in [7, 11) is 1.76. The second-order valence-electron chi connectivity index (χ2n) is 5.52. The number of hydrogen-bond donors (Lipinski definition) is 1. The van der Waals surface area contributed by atoms with E-state index >= 15 is 0 Å². The van der Waals surface area contributed by atoms with Gasteiger partial charge in [-0.1, -0.05) is 0 Å². The predicted molar refractivity (Wildman–Crippen MR) is 72.9 cm³/mol. The molecule has 1 N–H and O–H groups in total. The Morgan fingerprint density at radius 3 is 2.56 bits per heavy atom. The van der Waals surface area contributed by atoms with Crippen LogP contribution < -0.4 is 5.32 Å². The van der Waals surface area contributed by atoms with Crippen LogP contribution in [0.15, 0.2) is 0 Å². The van der Waals surface area contributed by atoms with Gasteiger partial charge in [-0.2, -0.15) is 0 Å². The molecule has 2 heterocycles. The molecule has 0 aromatic heterocycles. The average Bonchev–Trinajstić information content (AvgIpc) is 2.45. The molecule has 0 unspecified atom stereocenters. The van der Waals surface area contributed by atoms with Crippen molar-refractivity contribution in [1.29, 1.82) is 0 Å². The van der Waals surface area contributed by atoms with Gasteiger partial charge in [-0.25, -0.2) is 0 Å². The maximum Gasteiger partial charge on any atom is 0.0587 e. The van der Waals surface area contributed by atoms with Gasteiger partial charge in [0.25, 0.3) is 0 Å². The van der Waals surface area contributed by atoms with Crippen molar-refractivity contribution >= 4 is 0 Å². The van der Waals surface area contributed by atoms with Crippen molar-refractivity contribution in [2.24, 2.45) is 5.92 Å². The second kappa shape index (κ2) is 8.10. The van der Waals surface area contributed by atoms with Gasteiger partial charge in [0.2, 0.25) is 0 Å².